The summed E-state index contributed by atoms with van der Waals surface area (Å²) >= 11 is 1.50. The monoisotopic (exact) mass is 279 g/mol. The van der Waals surface area contributed by atoms with E-state index in [-0.39, 0.29) is 0 Å². The Balaban J connectivity index is 2.28. The molecule has 0 aliphatic rings. The minimum Gasteiger partial charge on any atom is -0.496 e. The number of aromatic nitrogens is 2. The van der Waals surface area contributed by atoms with E-state index in [2.05, 4.69) is 22.1 Å². The van der Waals surface area contributed by atoms with Crippen molar-refractivity contribution in [2.45, 2.75) is 6.92 Å². The fourth-order valence-corrected chi connectivity index (χ4v) is 2.96. The molecule has 1 aromatic carbocycles. The summed E-state index contributed by atoms with van der Waals surface area (Å²) in [6.45, 7) is 2.02. The number of pyridine rings is 1. The van der Waals surface area contributed by atoms with E-state index in [0.717, 1.165) is 32.8 Å². The van der Waals surface area contributed by atoms with Crippen LogP contribution in [0.25, 0.3) is 21.5 Å². The summed E-state index contributed by atoms with van der Waals surface area (Å²) in [4.78, 5) is 8.76. The number of benzene rings is 1. The molecular formula is C16H11N2OS. The number of ether oxygens (including phenoxy) is 1. The van der Waals surface area contributed by atoms with E-state index in [0.29, 0.717) is 5.69 Å². The molecule has 2 heterocycles. The second-order valence-electron chi connectivity index (χ2n) is 4.26. The number of rotatable bonds is 2. The minimum atomic E-state index is 0.637. The number of hydrogen-bond donors (Lipinski definition) is 0. The second-order valence-corrected chi connectivity index (χ2v) is 5.12. The van der Waals surface area contributed by atoms with Crippen LogP contribution in [0, 0.1) is 25.5 Å². The maximum atomic E-state index is 5.42. The molecule has 3 nitrogen and oxygen atoms in total. The Kier molecular flexibility index (Phi) is 3.13. The molecule has 0 aliphatic heterocycles. The predicted octanol–water partition coefficient (Wildman–Crippen LogP) is 3.46. The first-order chi connectivity index (χ1) is 9.74. The van der Waals surface area contributed by atoms with Crippen molar-refractivity contribution >= 4 is 22.2 Å². The van der Waals surface area contributed by atoms with Crippen molar-refractivity contribution in [2.24, 2.45) is 0 Å². The zero-order valence-electron chi connectivity index (χ0n) is 11.1. The third-order valence-electron chi connectivity index (χ3n) is 3.13. The van der Waals surface area contributed by atoms with Crippen LogP contribution < -0.4 is 4.74 Å². The lowest BCUT2D eigenvalue weighted by Crippen LogP contribution is -1.93. The van der Waals surface area contributed by atoms with Gasteiger partial charge in [0.25, 0.3) is 0 Å². The number of nitrogens with zero attached hydrogens (tertiary/aromatic N) is 2. The predicted molar refractivity (Wildman–Crippen MR) is 80.9 cm³/mol. The average Bonchev–Trinajstić information content (AvgIpc) is 2.95. The number of thiazole rings is 1. The summed E-state index contributed by atoms with van der Waals surface area (Å²) < 4.78 is 5.42. The van der Waals surface area contributed by atoms with E-state index < -0.39 is 0 Å². The molecular weight excluding hydrogens is 268 g/mol. The molecule has 0 saturated carbocycles. The van der Waals surface area contributed by atoms with E-state index in [9.17, 15) is 0 Å². The van der Waals surface area contributed by atoms with Crippen LogP contribution in [0.5, 0.6) is 5.75 Å². The van der Waals surface area contributed by atoms with Gasteiger partial charge in [-0.25, -0.2) is 9.97 Å². The molecule has 0 unspecified atom stereocenters. The van der Waals surface area contributed by atoms with Crippen LogP contribution in [-0.2, 0) is 0 Å². The van der Waals surface area contributed by atoms with Gasteiger partial charge >= 0.3 is 0 Å². The minimum absolute atomic E-state index is 0.637. The lowest BCUT2D eigenvalue weighted by atomic mass is 10.0. The summed E-state index contributed by atoms with van der Waals surface area (Å²) in [6.07, 6.45) is 8.42. The van der Waals surface area contributed by atoms with Crippen molar-refractivity contribution in [3.8, 4) is 28.7 Å². The van der Waals surface area contributed by atoms with E-state index in [1.54, 1.807) is 7.11 Å². The Morgan fingerprint density at radius 3 is 2.95 bits per heavy atom. The highest BCUT2D eigenvalue weighted by molar-refractivity contribution is 7.13. The third kappa shape index (κ3) is 1.93. The molecule has 0 spiro atoms. The number of terminal acetylenes is 1. The molecule has 0 aliphatic carbocycles. The maximum Gasteiger partial charge on any atom is 0.128 e. The van der Waals surface area contributed by atoms with Crippen molar-refractivity contribution in [2.75, 3.05) is 7.11 Å². The fraction of sp³-hybridized carbons (Fsp3) is 0.125. The normalized spacial score (nSPS) is 10.4. The smallest absolute Gasteiger partial charge is 0.128 e. The topological polar surface area (TPSA) is 35.0 Å². The van der Waals surface area contributed by atoms with E-state index in [1.165, 1.54) is 11.3 Å². The summed E-state index contributed by atoms with van der Waals surface area (Å²) in [5.41, 5.74) is 3.41. The molecule has 1 radical (unpaired) electrons. The van der Waals surface area contributed by atoms with Gasteiger partial charge in [-0.3, -0.25) is 0 Å². The average molecular weight is 279 g/mol. The van der Waals surface area contributed by atoms with Crippen LogP contribution in [0.3, 0.4) is 0 Å². The summed E-state index contributed by atoms with van der Waals surface area (Å²) in [7, 11) is 1.66. The van der Waals surface area contributed by atoms with Gasteiger partial charge in [0.05, 0.1) is 12.6 Å². The molecule has 0 bridgehead atoms. The van der Waals surface area contributed by atoms with Crippen LogP contribution in [0.1, 0.15) is 11.3 Å². The first-order valence-corrected chi connectivity index (χ1v) is 6.90. The first kappa shape index (κ1) is 12.6. The zero-order valence-corrected chi connectivity index (χ0v) is 11.9. The Hall–Kier alpha value is -2.38. The molecule has 0 fully saturated rings. The lowest BCUT2D eigenvalue weighted by molar-refractivity contribution is 0.419. The Labute approximate surface area is 121 Å². The molecule has 0 saturated heterocycles. The van der Waals surface area contributed by atoms with Crippen LogP contribution >= 0.6 is 11.3 Å². The number of hydrogen-bond acceptors (Lipinski definition) is 4. The quantitative estimate of drug-likeness (QED) is 0.674. The number of aryl methyl sites for hydroxylation is 1. The van der Waals surface area contributed by atoms with E-state index in [1.807, 2.05) is 30.5 Å². The molecule has 20 heavy (non-hydrogen) atoms. The van der Waals surface area contributed by atoms with Crippen molar-refractivity contribution in [1.29, 1.82) is 0 Å². The molecule has 0 atom stereocenters. The Bertz CT molecular complexity index is 830. The van der Waals surface area contributed by atoms with Crippen LogP contribution in [0.15, 0.2) is 23.6 Å². The van der Waals surface area contributed by atoms with Gasteiger partial charge in [0.1, 0.15) is 22.6 Å². The van der Waals surface area contributed by atoms with Crippen molar-refractivity contribution in [3.63, 3.8) is 0 Å². The van der Waals surface area contributed by atoms with Gasteiger partial charge in [0, 0.05) is 16.3 Å². The second kappa shape index (κ2) is 4.95. The van der Waals surface area contributed by atoms with Gasteiger partial charge in [-0.2, -0.15) is 0 Å². The fourth-order valence-electron chi connectivity index (χ4n) is 2.15. The molecule has 0 amide bonds. The van der Waals surface area contributed by atoms with Gasteiger partial charge in [-0.15, -0.1) is 17.8 Å². The summed E-state index contributed by atoms with van der Waals surface area (Å²) in [5, 5.41) is 3.67. The van der Waals surface area contributed by atoms with E-state index >= 15 is 0 Å². The SMILES string of the molecule is C#Cc1csc(-c2[c]nc3cccc(OC)c3c2C)n1. The van der Waals surface area contributed by atoms with Gasteiger partial charge in [0.2, 0.25) is 0 Å². The standard InChI is InChI=1S/C16H11N2OS/c1-4-11-9-20-16(18-11)12-8-17-13-6-5-7-14(19-3)15(13)10(12)2/h1,5-7,9H,2-3H3. The van der Waals surface area contributed by atoms with Crippen LogP contribution in [-0.4, -0.2) is 17.1 Å². The highest BCUT2D eigenvalue weighted by atomic mass is 32.1. The summed E-state index contributed by atoms with van der Waals surface area (Å²) in [5.74, 6) is 3.34. The Morgan fingerprint density at radius 1 is 1.40 bits per heavy atom. The molecule has 4 heteroatoms. The molecule has 2 aromatic heterocycles. The number of methoxy groups -OCH3 is 1. The lowest BCUT2D eigenvalue weighted by Gasteiger charge is -2.09. The molecule has 3 rings (SSSR count). The third-order valence-corrected chi connectivity index (χ3v) is 3.99. The van der Waals surface area contributed by atoms with Gasteiger partial charge in [-0.05, 0) is 30.5 Å². The maximum absolute atomic E-state index is 5.42. The van der Waals surface area contributed by atoms with Crippen molar-refractivity contribution < 1.29 is 4.74 Å². The van der Waals surface area contributed by atoms with Gasteiger partial charge < -0.3 is 4.74 Å². The van der Waals surface area contributed by atoms with Gasteiger partial charge in [-0.1, -0.05) is 6.07 Å². The summed E-state index contributed by atoms with van der Waals surface area (Å²) in [6, 6.07) is 5.79. The largest absolute Gasteiger partial charge is 0.496 e. The number of fused-ring (bicyclic) bond motifs is 1. The molecule has 0 N–H and O–H groups in total. The van der Waals surface area contributed by atoms with Gasteiger partial charge in [0.15, 0.2) is 0 Å². The van der Waals surface area contributed by atoms with Crippen LogP contribution in [0.4, 0.5) is 0 Å². The Morgan fingerprint density at radius 2 is 2.25 bits per heavy atom. The first-order valence-electron chi connectivity index (χ1n) is 6.02. The zero-order chi connectivity index (χ0) is 14.1. The van der Waals surface area contributed by atoms with Crippen molar-refractivity contribution in [1.82, 2.24) is 9.97 Å². The molecule has 97 valence electrons. The highest BCUT2D eigenvalue weighted by Gasteiger charge is 2.13. The van der Waals surface area contributed by atoms with Crippen molar-refractivity contribution in [3.05, 3.63) is 41.0 Å². The van der Waals surface area contributed by atoms with E-state index in [4.69, 9.17) is 11.2 Å². The van der Waals surface area contributed by atoms with Crippen LogP contribution in [0.2, 0.25) is 0 Å². The molecule has 3 aromatic rings. The highest BCUT2D eigenvalue weighted by Crippen LogP contribution is 2.34.